The first-order chi connectivity index (χ1) is 11.9. The second kappa shape index (κ2) is 7.91. The van der Waals surface area contributed by atoms with Crippen molar-refractivity contribution in [3.63, 3.8) is 0 Å². The zero-order valence-electron chi connectivity index (χ0n) is 13.6. The highest BCUT2D eigenvalue weighted by molar-refractivity contribution is 6.05. The average Bonchev–Trinajstić information content (AvgIpc) is 2.59. The number of nitro benzene ring substituents is 1. The smallest absolute Gasteiger partial charge is 0.310 e. The third kappa shape index (κ3) is 4.77. The number of benzene rings is 2. The van der Waals surface area contributed by atoms with E-state index in [0.717, 1.165) is 5.56 Å². The van der Waals surface area contributed by atoms with Gasteiger partial charge in [0.2, 0.25) is 0 Å². The molecule has 25 heavy (non-hydrogen) atoms. The molecule has 0 atom stereocenters. The number of hydrogen-bond donors (Lipinski definition) is 1. The molecule has 0 bridgehead atoms. The molecule has 2 aromatic carbocycles. The molecular formula is C17H16N2O6. The third-order valence-electron chi connectivity index (χ3n) is 3.28. The molecule has 0 aliphatic rings. The molecule has 2 amide bonds. The Bertz CT molecular complexity index is 801. The van der Waals surface area contributed by atoms with Crippen molar-refractivity contribution >= 4 is 17.5 Å². The van der Waals surface area contributed by atoms with E-state index in [1.165, 1.54) is 31.4 Å². The van der Waals surface area contributed by atoms with Gasteiger partial charge in [-0.05, 0) is 42.8 Å². The van der Waals surface area contributed by atoms with Gasteiger partial charge in [-0.1, -0.05) is 6.07 Å². The van der Waals surface area contributed by atoms with Crippen molar-refractivity contribution in [2.24, 2.45) is 0 Å². The monoisotopic (exact) mass is 344 g/mol. The van der Waals surface area contributed by atoms with Crippen LogP contribution in [0, 0.1) is 17.0 Å². The van der Waals surface area contributed by atoms with Crippen LogP contribution in [0.1, 0.15) is 15.9 Å². The van der Waals surface area contributed by atoms with Crippen molar-refractivity contribution in [1.82, 2.24) is 5.32 Å². The SMILES string of the molecule is COc1ccc(C(=O)NC(=O)COc2cc(C)ccc2[N+](=O)[O-])cc1. The van der Waals surface area contributed by atoms with Crippen LogP contribution in [-0.4, -0.2) is 30.5 Å². The zero-order valence-corrected chi connectivity index (χ0v) is 13.6. The fraction of sp³-hybridized carbons (Fsp3) is 0.176. The first-order valence-electron chi connectivity index (χ1n) is 7.27. The molecule has 0 fully saturated rings. The molecule has 8 heteroatoms. The fourth-order valence-corrected chi connectivity index (χ4v) is 2.01. The largest absolute Gasteiger partial charge is 0.497 e. The van der Waals surface area contributed by atoms with E-state index in [2.05, 4.69) is 5.32 Å². The van der Waals surface area contributed by atoms with E-state index < -0.39 is 23.3 Å². The standard InChI is InChI=1S/C17H16N2O6/c1-11-3-8-14(19(22)23)15(9-11)25-10-16(20)18-17(21)12-4-6-13(24-2)7-5-12/h3-9H,10H2,1-2H3,(H,18,20,21). The van der Waals surface area contributed by atoms with Gasteiger partial charge in [0.1, 0.15) is 5.75 Å². The van der Waals surface area contributed by atoms with Crippen molar-refractivity contribution in [3.05, 3.63) is 63.7 Å². The second-order valence-electron chi connectivity index (χ2n) is 5.12. The zero-order chi connectivity index (χ0) is 18.4. The first kappa shape index (κ1) is 17.9. The molecule has 8 nitrogen and oxygen atoms in total. The van der Waals surface area contributed by atoms with E-state index in [4.69, 9.17) is 9.47 Å². The summed E-state index contributed by atoms with van der Waals surface area (Å²) >= 11 is 0. The lowest BCUT2D eigenvalue weighted by Crippen LogP contribution is -2.34. The summed E-state index contributed by atoms with van der Waals surface area (Å²) in [6.07, 6.45) is 0. The van der Waals surface area contributed by atoms with Crippen LogP contribution in [0.2, 0.25) is 0 Å². The minimum Gasteiger partial charge on any atom is -0.497 e. The highest BCUT2D eigenvalue weighted by Crippen LogP contribution is 2.27. The van der Waals surface area contributed by atoms with E-state index in [0.29, 0.717) is 5.75 Å². The molecule has 0 spiro atoms. The summed E-state index contributed by atoms with van der Waals surface area (Å²) < 4.78 is 10.2. The molecule has 0 saturated carbocycles. The van der Waals surface area contributed by atoms with Gasteiger partial charge in [0, 0.05) is 11.6 Å². The topological polar surface area (TPSA) is 108 Å². The quantitative estimate of drug-likeness (QED) is 0.636. The van der Waals surface area contributed by atoms with Gasteiger partial charge in [-0.2, -0.15) is 0 Å². The van der Waals surface area contributed by atoms with Crippen molar-refractivity contribution < 1.29 is 24.0 Å². The Kier molecular flexibility index (Phi) is 5.67. The number of nitrogens with zero attached hydrogens (tertiary/aromatic N) is 1. The van der Waals surface area contributed by atoms with Gasteiger partial charge in [0.15, 0.2) is 12.4 Å². The first-order valence-corrected chi connectivity index (χ1v) is 7.27. The Morgan fingerprint density at radius 1 is 1.16 bits per heavy atom. The molecule has 0 aliphatic heterocycles. The van der Waals surface area contributed by atoms with Gasteiger partial charge in [0.05, 0.1) is 12.0 Å². The Morgan fingerprint density at radius 3 is 2.44 bits per heavy atom. The summed E-state index contributed by atoms with van der Waals surface area (Å²) in [6, 6.07) is 10.5. The number of aryl methyl sites for hydroxylation is 1. The lowest BCUT2D eigenvalue weighted by atomic mass is 10.2. The third-order valence-corrected chi connectivity index (χ3v) is 3.28. The highest BCUT2D eigenvalue weighted by Gasteiger charge is 2.17. The van der Waals surface area contributed by atoms with Gasteiger partial charge >= 0.3 is 5.69 Å². The van der Waals surface area contributed by atoms with Gasteiger partial charge in [-0.15, -0.1) is 0 Å². The number of amides is 2. The molecule has 0 unspecified atom stereocenters. The lowest BCUT2D eigenvalue weighted by molar-refractivity contribution is -0.385. The second-order valence-corrected chi connectivity index (χ2v) is 5.12. The molecule has 0 saturated heterocycles. The predicted octanol–water partition coefficient (Wildman–Crippen LogP) is 2.25. The van der Waals surface area contributed by atoms with Crippen molar-refractivity contribution in [3.8, 4) is 11.5 Å². The number of carbonyl (C=O) groups is 2. The fourth-order valence-electron chi connectivity index (χ4n) is 2.01. The molecule has 2 rings (SSSR count). The van der Waals surface area contributed by atoms with Gasteiger partial charge in [-0.25, -0.2) is 0 Å². The maximum atomic E-state index is 12.0. The van der Waals surface area contributed by atoms with E-state index in [1.807, 2.05) is 0 Å². The predicted molar refractivity (Wildman–Crippen MR) is 88.8 cm³/mol. The number of nitro groups is 1. The van der Waals surface area contributed by atoms with Crippen LogP contribution in [0.4, 0.5) is 5.69 Å². The van der Waals surface area contributed by atoms with Crippen molar-refractivity contribution in [1.29, 1.82) is 0 Å². The van der Waals surface area contributed by atoms with Crippen molar-refractivity contribution in [2.45, 2.75) is 6.92 Å². The number of rotatable bonds is 6. The number of hydrogen-bond acceptors (Lipinski definition) is 6. The molecule has 130 valence electrons. The van der Waals surface area contributed by atoms with Crippen LogP contribution in [0.3, 0.4) is 0 Å². The van der Waals surface area contributed by atoms with Crippen LogP contribution >= 0.6 is 0 Å². The van der Waals surface area contributed by atoms with E-state index >= 15 is 0 Å². The molecule has 1 N–H and O–H groups in total. The summed E-state index contributed by atoms with van der Waals surface area (Å²) in [5, 5.41) is 13.1. The van der Waals surface area contributed by atoms with E-state index in [9.17, 15) is 19.7 Å². The maximum absolute atomic E-state index is 12.0. The molecule has 0 aromatic heterocycles. The summed E-state index contributed by atoms with van der Waals surface area (Å²) in [5.74, 6) is -0.762. The number of carbonyl (C=O) groups excluding carboxylic acids is 2. The van der Waals surface area contributed by atoms with Crippen LogP contribution in [0.25, 0.3) is 0 Å². The average molecular weight is 344 g/mol. The van der Waals surface area contributed by atoms with Crippen LogP contribution < -0.4 is 14.8 Å². The van der Waals surface area contributed by atoms with Crippen LogP contribution in [-0.2, 0) is 4.79 Å². The Balaban J connectivity index is 1.97. The summed E-state index contributed by atoms with van der Waals surface area (Å²) in [7, 11) is 1.50. The normalized spacial score (nSPS) is 10.0. The summed E-state index contributed by atoms with van der Waals surface area (Å²) in [4.78, 5) is 34.1. The van der Waals surface area contributed by atoms with Crippen LogP contribution in [0.15, 0.2) is 42.5 Å². The Hall–Kier alpha value is -3.42. The van der Waals surface area contributed by atoms with Crippen molar-refractivity contribution in [2.75, 3.05) is 13.7 Å². The maximum Gasteiger partial charge on any atom is 0.310 e. The number of ether oxygens (including phenoxy) is 2. The molecule has 2 aromatic rings. The van der Waals surface area contributed by atoms with Gasteiger partial charge in [-0.3, -0.25) is 25.0 Å². The Labute approximate surface area is 143 Å². The number of methoxy groups -OCH3 is 1. The lowest BCUT2D eigenvalue weighted by Gasteiger charge is -2.08. The van der Waals surface area contributed by atoms with E-state index in [1.54, 1.807) is 25.1 Å². The highest BCUT2D eigenvalue weighted by atomic mass is 16.6. The molecule has 0 radical (unpaired) electrons. The van der Waals surface area contributed by atoms with Gasteiger partial charge < -0.3 is 9.47 Å². The van der Waals surface area contributed by atoms with Gasteiger partial charge in [0.25, 0.3) is 11.8 Å². The minimum atomic E-state index is -0.711. The molecule has 0 heterocycles. The van der Waals surface area contributed by atoms with Crippen LogP contribution in [0.5, 0.6) is 11.5 Å². The Morgan fingerprint density at radius 2 is 1.84 bits per heavy atom. The number of nitrogens with one attached hydrogen (secondary N) is 1. The molecular weight excluding hydrogens is 328 g/mol. The molecule has 0 aliphatic carbocycles. The van der Waals surface area contributed by atoms with E-state index in [-0.39, 0.29) is 17.0 Å². The summed E-state index contributed by atoms with van der Waals surface area (Å²) in [5.41, 5.74) is 0.769. The minimum absolute atomic E-state index is 0.0305. The summed E-state index contributed by atoms with van der Waals surface area (Å²) in [6.45, 7) is 1.22. The number of imide groups is 1.